The van der Waals surface area contributed by atoms with Gasteiger partial charge >= 0.3 is 6.03 Å². The van der Waals surface area contributed by atoms with E-state index in [9.17, 15) is 13.6 Å². The monoisotopic (exact) mass is 399 g/mol. The van der Waals surface area contributed by atoms with Crippen molar-refractivity contribution in [1.82, 2.24) is 20.4 Å². The summed E-state index contributed by atoms with van der Waals surface area (Å²) in [4.78, 5) is 18.7. The highest BCUT2D eigenvalue weighted by Gasteiger charge is 2.35. The van der Waals surface area contributed by atoms with Crippen LogP contribution in [0.4, 0.5) is 19.3 Å². The summed E-state index contributed by atoms with van der Waals surface area (Å²) in [6.45, 7) is 0.563. The van der Waals surface area contributed by atoms with E-state index >= 15 is 0 Å². The number of carbonyl (C=O) groups excluding carboxylic acids is 1. The van der Waals surface area contributed by atoms with Gasteiger partial charge in [-0.2, -0.15) is 4.98 Å². The highest BCUT2D eigenvalue weighted by Crippen LogP contribution is 2.31. The molecule has 1 aliphatic heterocycles. The summed E-state index contributed by atoms with van der Waals surface area (Å²) in [5.74, 6) is -0.556. The SMILES string of the molecule is CN1CC(NC(=O)Nc2ccc(F)cc2F)CC1c1nc(-c2ccccc2)no1. The minimum atomic E-state index is -0.833. The molecule has 9 heteroatoms. The van der Waals surface area contributed by atoms with Crippen LogP contribution in [0.2, 0.25) is 0 Å². The van der Waals surface area contributed by atoms with Gasteiger partial charge in [0.05, 0.1) is 11.7 Å². The lowest BCUT2D eigenvalue weighted by Crippen LogP contribution is -2.39. The fourth-order valence-electron chi connectivity index (χ4n) is 3.40. The van der Waals surface area contributed by atoms with Crippen molar-refractivity contribution in [3.8, 4) is 11.4 Å². The fourth-order valence-corrected chi connectivity index (χ4v) is 3.40. The Bertz CT molecular complexity index is 1010. The van der Waals surface area contributed by atoms with Gasteiger partial charge in [0.2, 0.25) is 11.7 Å². The first-order chi connectivity index (χ1) is 14.0. The van der Waals surface area contributed by atoms with E-state index in [2.05, 4.69) is 20.8 Å². The smallest absolute Gasteiger partial charge is 0.319 e. The molecule has 7 nitrogen and oxygen atoms in total. The summed E-state index contributed by atoms with van der Waals surface area (Å²) in [5, 5.41) is 9.23. The molecule has 2 aromatic carbocycles. The number of hydrogen-bond acceptors (Lipinski definition) is 5. The quantitative estimate of drug-likeness (QED) is 0.701. The normalized spacial score (nSPS) is 19.3. The van der Waals surface area contributed by atoms with Gasteiger partial charge in [-0.3, -0.25) is 4.90 Å². The summed E-state index contributed by atoms with van der Waals surface area (Å²) in [6.07, 6.45) is 0.562. The molecule has 0 spiro atoms. The maximum absolute atomic E-state index is 13.7. The minimum absolute atomic E-state index is 0.0868. The second-order valence-corrected chi connectivity index (χ2v) is 6.93. The molecular weight excluding hydrogens is 380 g/mol. The molecule has 2 N–H and O–H groups in total. The fraction of sp³-hybridized carbons (Fsp3) is 0.250. The molecule has 0 bridgehead atoms. The van der Waals surface area contributed by atoms with Gasteiger partial charge in [-0.15, -0.1) is 0 Å². The second kappa shape index (κ2) is 7.96. The number of likely N-dealkylation sites (tertiary alicyclic amines) is 1. The van der Waals surface area contributed by atoms with Crippen molar-refractivity contribution in [3.05, 3.63) is 66.1 Å². The number of benzene rings is 2. The minimum Gasteiger partial charge on any atom is -0.337 e. The number of likely N-dealkylation sites (N-methyl/N-ethyl adjacent to an activating group) is 1. The van der Waals surface area contributed by atoms with Gasteiger partial charge in [0.1, 0.15) is 11.6 Å². The zero-order chi connectivity index (χ0) is 20.4. The first-order valence-electron chi connectivity index (χ1n) is 9.11. The van der Waals surface area contributed by atoms with Crippen molar-refractivity contribution >= 4 is 11.7 Å². The molecule has 4 rings (SSSR count). The van der Waals surface area contributed by atoms with E-state index in [1.165, 1.54) is 6.07 Å². The topological polar surface area (TPSA) is 83.3 Å². The van der Waals surface area contributed by atoms with Crippen molar-refractivity contribution in [3.63, 3.8) is 0 Å². The van der Waals surface area contributed by atoms with Crippen LogP contribution in [0.5, 0.6) is 0 Å². The van der Waals surface area contributed by atoms with E-state index in [1.54, 1.807) is 0 Å². The zero-order valence-electron chi connectivity index (χ0n) is 15.6. The van der Waals surface area contributed by atoms with Crippen LogP contribution in [-0.4, -0.2) is 40.7 Å². The third-order valence-electron chi connectivity index (χ3n) is 4.82. The Morgan fingerprint density at radius 3 is 2.76 bits per heavy atom. The van der Waals surface area contributed by atoms with Crippen LogP contribution in [0.3, 0.4) is 0 Å². The average molecular weight is 399 g/mol. The van der Waals surface area contributed by atoms with E-state index in [4.69, 9.17) is 4.52 Å². The number of halogens is 2. The molecule has 0 radical (unpaired) electrons. The molecule has 0 saturated carbocycles. The van der Waals surface area contributed by atoms with Crippen LogP contribution >= 0.6 is 0 Å². The molecule has 1 saturated heterocycles. The summed E-state index contributed by atoms with van der Waals surface area (Å²) < 4.78 is 32.1. The predicted octanol–water partition coefficient (Wildman–Crippen LogP) is 3.58. The summed E-state index contributed by atoms with van der Waals surface area (Å²) in [6, 6.07) is 11.6. The number of nitrogens with one attached hydrogen (secondary N) is 2. The number of hydrogen-bond donors (Lipinski definition) is 2. The van der Waals surface area contributed by atoms with Gasteiger partial charge in [0, 0.05) is 24.2 Å². The molecule has 29 heavy (non-hydrogen) atoms. The van der Waals surface area contributed by atoms with Gasteiger partial charge < -0.3 is 15.2 Å². The second-order valence-electron chi connectivity index (χ2n) is 6.93. The van der Waals surface area contributed by atoms with E-state index in [0.29, 0.717) is 24.7 Å². The molecule has 3 aromatic rings. The average Bonchev–Trinajstić information content (AvgIpc) is 3.31. The molecule has 1 aromatic heterocycles. The van der Waals surface area contributed by atoms with Gasteiger partial charge in [0.15, 0.2) is 0 Å². The maximum atomic E-state index is 13.7. The number of nitrogens with zero attached hydrogens (tertiary/aromatic N) is 3. The van der Waals surface area contributed by atoms with Crippen molar-refractivity contribution in [2.45, 2.75) is 18.5 Å². The van der Waals surface area contributed by atoms with E-state index in [-0.39, 0.29) is 17.8 Å². The highest BCUT2D eigenvalue weighted by molar-refractivity contribution is 5.89. The molecule has 2 unspecified atom stereocenters. The molecule has 150 valence electrons. The van der Waals surface area contributed by atoms with Crippen molar-refractivity contribution < 1.29 is 18.1 Å². The first kappa shape index (κ1) is 19.0. The highest BCUT2D eigenvalue weighted by atomic mass is 19.1. The van der Waals surface area contributed by atoms with Crippen molar-refractivity contribution in [2.75, 3.05) is 18.9 Å². The first-order valence-corrected chi connectivity index (χ1v) is 9.11. The molecule has 2 atom stereocenters. The van der Waals surface area contributed by atoms with Crippen LogP contribution in [0, 0.1) is 11.6 Å². The third-order valence-corrected chi connectivity index (χ3v) is 4.82. The van der Waals surface area contributed by atoms with Crippen molar-refractivity contribution in [2.24, 2.45) is 0 Å². The predicted molar refractivity (Wildman–Crippen MR) is 102 cm³/mol. The number of carbonyl (C=O) groups is 1. The van der Waals surface area contributed by atoms with Gasteiger partial charge in [0.25, 0.3) is 0 Å². The maximum Gasteiger partial charge on any atom is 0.319 e. The molecule has 2 amide bonds. The van der Waals surface area contributed by atoms with Crippen LogP contribution < -0.4 is 10.6 Å². The number of rotatable bonds is 4. The summed E-state index contributed by atoms with van der Waals surface area (Å²) in [7, 11) is 1.90. The van der Waals surface area contributed by atoms with E-state index in [1.807, 2.05) is 42.3 Å². The summed E-state index contributed by atoms with van der Waals surface area (Å²) in [5.41, 5.74) is 0.773. The zero-order valence-corrected chi connectivity index (χ0v) is 15.6. The Morgan fingerprint density at radius 1 is 1.21 bits per heavy atom. The Balaban J connectivity index is 1.38. The number of amides is 2. The van der Waals surface area contributed by atoms with Gasteiger partial charge in [-0.1, -0.05) is 35.5 Å². The van der Waals surface area contributed by atoms with Crippen molar-refractivity contribution in [1.29, 1.82) is 0 Å². The Kier molecular flexibility index (Phi) is 5.22. The van der Waals surface area contributed by atoms with Crippen LogP contribution in [0.25, 0.3) is 11.4 Å². The lowest BCUT2D eigenvalue weighted by atomic mass is 10.1. The third kappa shape index (κ3) is 4.24. The number of anilines is 1. The Morgan fingerprint density at radius 2 is 2.00 bits per heavy atom. The lowest BCUT2D eigenvalue weighted by Gasteiger charge is -2.14. The van der Waals surface area contributed by atoms with E-state index in [0.717, 1.165) is 17.7 Å². The summed E-state index contributed by atoms with van der Waals surface area (Å²) >= 11 is 0. The lowest BCUT2D eigenvalue weighted by molar-refractivity contribution is 0.243. The molecular formula is C20H19F2N5O2. The largest absolute Gasteiger partial charge is 0.337 e. The van der Waals surface area contributed by atoms with Gasteiger partial charge in [-0.25, -0.2) is 13.6 Å². The van der Waals surface area contributed by atoms with Crippen LogP contribution in [0.1, 0.15) is 18.4 Å². The van der Waals surface area contributed by atoms with E-state index < -0.39 is 17.7 Å². The van der Waals surface area contributed by atoms with Crippen LogP contribution in [-0.2, 0) is 0 Å². The number of urea groups is 1. The van der Waals surface area contributed by atoms with Gasteiger partial charge in [-0.05, 0) is 25.6 Å². The Labute approximate surface area is 165 Å². The molecule has 0 aliphatic carbocycles. The standard InChI is InChI=1S/C20H19F2N5O2/c1-27-11-14(23-20(28)24-16-8-7-13(21)9-15(16)22)10-17(27)19-25-18(26-29-19)12-5-3-2-4-6-12/h2-9,14,17H,10-11H2,1H3,(H2,23,24,28). The Hall–Kier alpha value is -3.33. The van der Waals surface area contributed by atoms with Crippen LogP contribution in [0.15, 0.2) is 53.1 Å². The molecule has 2 heterocycles. The molecule has 1 aliphatic rings. The number of aromatic nitrogens is 2. The molecule has 1 fully saturated rings.